The summed E-state index contributed by atoms with van der Waals surface area (Å²) in [6.07, 6.45) is 1.19. The molecule has 0 bridgehead atoms. The Hall–Kier alpha value is -2.16. The third-order valence-electron chi connectivity index (χ3n) is 3.22. The van der Waals surface area contributed by atoms with Crippen LogP contribution in [0, 0.1) is 0 Å². The van der Waals surface area contributed by atoms with Gasteiger partial charge in [-0.2, -0.15) is 0 Å². The number of phenols is 1. The molecule has 0 amide bonds. The zero-order chi connectivity index (χ0) is 14.4. The highest BCUT2D eigenvalue weighted by molar-refractivity contribution is 5.49. The quantitative estimate of drug-likeness (QED) is 0.828. The van der Waals surface area contributed by atoms with Crippen LogP contribution in [0.15, 0.2) is 48.5 Å². The molecule has 0 heterocycles. The molecule has 0 fully saturated rings. The molecule has 0 saturated carbocycles. The summed E-state index contributed by atoms with van der Waals surface area (Å²) in [6, 6.07) is 15.2. The summed E-state index contributed by atoms with van der Waals surface area (Å²) >= 11 is 0. The van der Waals surface area contributed by atoms with E-state index in [-0.39, 0.29) is 6.10 Å². The summed E-state index contributed by atoms with van der Waals surface area (Å²) in [5.74, 6) is 1.17. The van der Waals surface area contributed by atoms with Gasteiger partial charge in [-0.1, -0.05) is 31.2 Å². The Bertz CT molecular complexity index is 554. The van der Waals surface area contributed by atoms with Crippen molar-refractivity contribution >= 4 is 5.69 Å². The van der Waals surface area contributed by atoms with Crippen LogP contribution >= 0.6 is 0 Å². The van der Waals surface area contributed by atoms with Gasteiger partial charge in [-0.25, -0.2) is 0 Å². The second-order valence-electron chi connectivity index (χ2n) is 4.85. The Balaban J connectivity index is 2.00. The predicted molar refractivity (Wildman–Crippen MR) is 82.3 cm³/mol. The van der Waals surface area contributed by atoms with E-state index in [4.69, 9.17) is 4.74 Å². The number of nitrogens with one attached hydrogen (secondary N) is 1. The topological polar surface area (TPSA) is 41.5 Å². The normalized spacial score (nSPS) is 11.9. The van der Waals surface area contributed by atoms with Crippen molar-refractivity contribution in [2.24, 2.45) is 0 Å². The van der Waals surface area contributed by atoms with E-state index in [0.29, 0.717) is 12.3 Å². The summed E-state index contributed by atoms with van der Waals surface area (Å²) in [4.78, 5) is 0. The summed E-state index contributed by atoms with van der Waals surface area (Å²) in [7, 11) is 0. The highest BCUT2D eigenvalue weighted by atomic mass is 16.5. The molecule has 0 aliphatic rings. The van der Waals surface area contributed by atoms with Crippen molar-refractivity contribution in [1.29, 1.82) is 0 Å². The van der Waals surface area contributed by atoms with Crippen LogP contribution in [0.2, 0.25) is 0 Å². The molecular formula is C17H21NO2. The van der Waals surface area contributed by atoms with E-state index in [1.54, 1.807) is 6.07 Å². The van der Waals surface area contributed by atoms with Gasteiger partial charge in [0, 0.05) is 23.9 Å². The lowest BCUT2D eigenvalue weighted by atomic mass is 10.2. The van der Waals surface area contributed by atoms with Crippen LogP contribution in [0.3, 0.4) is 0 Å². The number of phenolic OH excluding ortho intramolecular Hbond substituents is 1. The van der Waals surface area contributed by atoms with Crippen LogP contribution in [-0.2, 0) is 6.54 Å². The second-order valence-corrected chi connectivity index (χ2v) is 4.85. The van der Waals surface area contributed by atoms with Crippen LogP contribution < -0.4 is 10.1 Å². The molecule has 2 rings (SSSR count). The predicted octanol–water partition coefficient (Wildman–Crippen LogP) is 4.18. The molecular weight excluding hydrogens is 250 g/mol. The minimum Gasteiger partial charge on any atom is -0.508 e. The van der Waals surface area contributed by atoms with Crippen LogP contribution in [0.1, 0.15) is 25.8 Å². The molecule has 20 heavy (non-hydrogen) atoms. The highest BCUT2D eigenvalue weighted by Crippen LogP contribution is 2.21. The first-order valence-corrected chi connectivity index (χ1v) is 6.96. The van der Waals surface area contributed by atoms with Crippen LogP contribution in [0.5, 0.6) is 11.5 Å². The van der Waals surface area contributed by atoms with Crippen LogP contribution in [0.4, 0.5) is 5.69 Å². The number of aromatic hydroxyl groups is 1. The van der Waals surface area contributed by atoms with E-state index in [9.17, 15) is 5.11 Å². The number of benzene rings is 2. The first-order chi connectivity index (χ1) is 9.69. The second kappa shape index (κ2) is 6.85. The van der Waals surface area contributed by atoms with E-state index >= 15 is 0 Å². The molecule has 0 aromatic heterocycles. The van der Waals surface area contributed by atoms with Gasteiger partial charge in [-0.15, -0.1) is 0 Å². The van der Waals surface area contributed by atoms with Gasteiger partial charge in [0.15, 0.2) is 0 Å². The average molecular weight is 271 g/mol. The number of rotatable bonds is 6. The van der Waals surface area contributed by atoms with Crippen molar-refractivity contribution in [1.82, 2.24) is 0 Å². The van der Waals surface area contributed by atoms with Crippen molar-refractivity contribution in [3.8, 4) is 11.5 Å². The molecule has 106 valence electrons. The minimum atomic E-state index is 0.211. The Morgan fingerprint density at radius 1 is 1.15 bits per heavy atom. The number of para-hydroxylation sites is 1. The molecule has 1 unspecified atom stereocenters. The lowest BCUT2D eigenvalue weighted by Gasteiger charge is -2.14. The fourth-order valence-electron chi connectivity index (χ4n) is 1.85. The molecule has 2 aromatic carbocycles. The standard InChI is InChI=1S/C17H21NO2/c1-3-13(2)20-16-9-6-8-15(11-16)18-12-14-7-4-5-10-17(14)19/h4-11,13,18-19H,3,12H2,1-2H3. The first-order valence-electron chi connectivity index (χ1n) is 6.96. The number of ether oxygens (including phenoxy) is 1. The fourth-order valence-corrected chi connectivity index (χ4v) is 1.85. The summed E-state index contributed by atoms with van der Waals surface area (Å²) in [5, 5.41) is 13.0. The molecule has 0 radical (unpaired) electrons. The Kier molecular flexibility index (Phi) is 4.88. The summed E-state index contributed by atoms with van der Waals surface area (Å²) in [5.41, 5.74) is 1.86. The average Bonchev–Trinajstić information content (AvgIpc) is 2.47. The maximum atomic E-state index is 9.73. The smallest absolute Gasteiger partial charge is 0.121 e. The van der Waals surface area contributed by atoms with Gasteiger partial charge in [-0.3, -0.25) is 0 Å². The molecule has 0 aliphatic carbocycles. The highest BCUT2D eigenvalue weighted by Gasteiger charge is 2.03. The molecule has 1 atom stereocenters. The molecule has 3 nitrogen and oxygen atoms in total. The summed E-state index contributed by atoms with van der Waals surface area (Å²) in [6.45, 7) is 4.74. The minimum absolute atomic E-state index is 0.211. The maximum absolute atomic E-state index is 9.73. The molecule has 3 heteroatoms. The molecule has 2 aromatic rings. The lowest BCUT2D eigenvalue weighted by molar-refractivity contribution is 0.217. The van der Waals surface area contributed by atoms with Gasteiger partial charge in [0.1, 0.15) is 11.5 Å². The van der Waals surface area contributed by atoms with Gasteiger partial charge < -0.3 is 15.2 Å². The van der Waals surface area contributed by atoms with E-state index < -0.39 is 0 Å². The van der Waals surface area contributed by atoms with Crippen LogP contribution in [0.25, 0.3) is 0 Å². The summed E-state index contributed by atoms with van der Waals surface area (Å²) < 4.78 is 5.79. The Labute approximate surface area is 120 Å². The van der Waals surface area contributed by atoms with Crippen molar-refractivity contribution < 1.29 is 9.84 Å². The van der Waals surface area contributed by atoms with Crippen molar-refractivity contribution in [2.75, 3.05) is 5.32 Å². The van der Waals surface area contributed by atoms with E-state index in [2.05, 4.69) is 19.2 Å². The van der Waals surface area contributed by atoms with Crippen molar-refractivity contribution in [3.63, 3.8) is 0 Å². The van der Waals surface area contributed by atoms with Gasteiger partial charge in [0.05, 0.1) is 6.10 Å². The Morgan fingerprint density at radius 2 is 1.95 bits per heavy atom. The monoisotopic (exact) mass is 271 g/mol. The van der Waals surface area contributed by atoms with Gasteiger partial charge in [-0.05, 0) is 31.5 Å². The molecule has 0 saturated heterocycles. The van der Waals surface area contributed by atoms with Crippen molar-refractivity contribution in [2.45, 2.75) is 32.9 Å². The lowest BCUT2D eigenvalue weighted by Crippen LogP contribution is -2.09. The third-order valence-corrected chi connectivity index (χ3v) is 3.22. The van der Waals surface area contributed by atoms with Gasteiger partial charge in [0.2, 0.25) is 0 Å². The van der Waals surface area contributed by atoms with E-state index in [0.717, 1.165) is 23.4 Å². The van der Waals surface area contributed by atoms with E-state index in [1.807, 2.05) is 42.5 Å². The zero-order valence-electron chi connectivity index (χ0n) is 12.0. The Morgan fingerprint density at radius 3 is 2.70 bits per heavy atom. The van der Waals surface area contributed by atoms with Gasteiger partial charge in [0.25, 0.3) is 0 Å². The molecule has 2 N–H and O–H groups in total. The zero-order valence-corrected chi connectivity index (χ0v) is 12.0. The first kappa shape index (κ1) is 14.3. The van der Waals surface area contributed by atoms with E-state index in [1.165, 1.54) is 0 Å². The SMILES string of the molecule is CCC(C)Oc1cccc(NCc2ccccc2O)c1. The van der Waals surface area contributed by atoms with Crippen molar-refractivity contribution in [3.05, 3.63) is 54.1 Å². The maximum Gasteiger partial charge on any atom is 0.121 e. The molecule has 0 spiro atoms. The van der Waals surface area contributed by atoms with Crippen LogP contribution in [-0.4, -0.2) is 11.2 Å². The molecule has 0 aliphatic heterocycles. The number of hydrogen-bond donors (Lipinski definition) is 2. The third kappa shape index (κ3) is 3.92. The number of hydrogen-bond acceptors (Lipinski definition) is 3. The largest absolute Gasteiger partial charge is 0.508 e. The number of anilines is 1. The fraction of sp³-hybridized carbons (Fsp3) is 0.294. The van der Waals surface area contributed by atoms with Gasteiger partial charge >= 0.3 is 0 Å².